The second-order valence-corrected chi connectivity index (χ2v) is 8.02. The van der Waals surface area contributed by atoms with Gasteiger partial charge in [-0.25, -0.2) is 17.5 Å². The molecule has 1 atom stereocenters. The molecule has 0 amide bonds. The summed E-state index contributed by atoms with van der Waals surface area (Å²) in [5, 5.41) is 0. The van der Waals surface area contributed by atoms with Crippen molar-refractivity contribution in [3.8, 4) is 0 Å². The number of Topliss-reactive ketones (excluding diaryl/α,β-unsaturated/α-hetero) is 1. The summed E-state index contributed by atoms with van der Waals surface area (Å²) >= 11 is 0. The van der Waals surface area contributed by atoms with Gasteiger partial charge in [0.1, 0.15) is 0 Å². The molecule has 7 heteroatoms. The Hall–Kier alpha value is -1.73. The van der Waals surface area contributed by atoms with Crippen LogP contribution in [0.25, 0.3) is 0 Å². The predicted molar refractivity (Wildman–Crippen MR) is 84.7 cm³/mol. The van der Waals surface area contributed by atoms with Crippen LogP contribution < -0.4 is 0 Å². The van der Waals surface area contributed by atoms with Crippen LogP contribution in [0, 0.1) is 6.92 Å². The number of ketones is 1. The average Bonchev–Trinajstić information content (AvgIpc) is 2.49. The topological polar surface area (TPSA) is 80.8 Å². The van der Waals surface area contributed by atoms with Crippen LogP contribution >= 0.6 is 0 Å². The molecule has 1 aliphatic rings. The van der Waals surface area contributed by atoms with E-state index < -0.39 is 22.1 Å². The van der Waals surface area contributed by atoms with E-state index in [0.29, 0.717) is 18.4 Å². The molecule has 0 heterocycles. The Bertz CT molecular complexity index is 724. The van der Waals surface area contributed by atoms with E-state index in [2.05, 4.69) is 0 Å². The Balaban J connectivity index is 2.28. The van der Waals surface area contributed by atoms with Gasteiger partial charge in [0.15, 0.2) is 11.9 Å². The van der Waals surface area contributed by atoms with E-state index in [1.54, 1.807) is 13.0 Å². The largest absolute Gasteiger partial charge is 0.451 e. The van der Waals surface area contributed by atoms with Crippen molar-refractivity contribution in [1.29, 1.82) is 0 Å². The number of aryl methyl sites for hydroxylation is 1. The van der Waals surface area contributed by atoms with Crippen molar-refractivity contribution < 1.29 is 22.7 Å². The Morgan fingerprint density at radius 3 is 2.57 bits per heavy atom. The maximum Gasteiger partial charge on any atom is 0.339 e. The number of esters is 1. The fraction of sp³-hybridized carbons (Fsp3) is 0.500. The fourth-order valence-electron chi connectivity index (χ4n) is 2.46. The molecule has 23 heavy (non-hydrogen) atoms. The molecule has 6 nitrogen and oxygen atoms in total. The van der Waals surface area contributed by atoms with E-state index >= 15 is 0 Å². The van der Waals surface area contributed by atoms with Gasteiger partial charge in [0.2, 0.25) is 10.0 Å². The van der Waals surface area contributed by atoms with Crippen molar-refractivity contribution in [3.63, 3.8) is 0 Å². The third kappa shape index (κ3) is 3.79. The summed E-state index contributed by atoms with van der Waals surface area (Å²) in [6.45, 7) is 1.70. The van der Waals surface area contributed by atoms with Gasteiger partial charge in [-0.05, 0) is 43.9 Å². The molecule has 0 N–H and O–H groups in total. The summed E-state index contributed by atoms with van der Waals surface area (Å²) in [7, 11) is -0.786. The Morgan fingerprint density at radius 2 is 1.96 bits per heavy atom. The Kier molecular flexibility index (Phi) is 5.21. The predicted octanol–water partition coefficient (Wildman–Crippen LogP) is 1.91. The van der Waals surface area contributed by atoms with E-state index in [9.17, 15) is 18.0 Å². The third-order valence-corrected chi connectivity index (χ3v) is 5.77. The van der Waals surface area contributed by atoms with Gasteiger partial charge in [-0.1, -0.05) is 6.07 Å². The SMILES string of the molecule is Cc1ccc(S(=O)(=O)N(C)C)cc1C(=O)O[C@H]1CCCCC1=O. The van der Waals surface area contributed by atoms with Gasteiger partial charge in [0.25, 0.3) is 0 Å². The van der Waals surface area contributed by atoms with Gasteiger partial charge >= 0.3 is 5.97 Å². The number of ether oxygens (including phenoxy) is 1. The molecule has 1 aromatic carbocycles. The normalized spacial score (nSPS) is 19.0. The third-order valence-electron chi connectivity index (χ3n) is 3.96. The second kappa shape index (κ2) is 6.80. The molecule has 0 spiro atoms. The first-order chi connectivity index (χ1) is 10.7. The molecular weight excluding hydrogens is 318 g/mol. The molecule has 0 saturated heterocycles. The molecule has 0 aromatic heterocycles. The fourth-order valence-corrected chi connectivity index (χ4v) is 3.39. The minimum atomic E-state index is -3.63. The highest BCUT2D eigenvalue weighted by Crippen LogP contribution is 2.22. The lowest BCUT2D eigenvalue weighted by Crippen LogP contribution is -2.30. The molecule has 0 bridgehead atoms. The van der Waals surface area contributed by atoms with Crippen LogP contribution in [0.1, 0.15) is 41.6 Å². The van der Waals surface area contributed by atoms with E-state index in [0.717, 1.165) is 17.1 Å². The summed E-state index contributed by atoms with van der Waals surface area (Å²) in [5.74, 6) is -0.724. The maximum atomic E-state index is 12.3. The lowest BCUT2D eigenvalue weighted by Gasteiger charge is -2.21. The summed E-state index contributed by atoms with van der Waals surface area (Å²) < 4.78 is 30.7. The zero-order chi connectivity index (χ0) is 17.2. The zero-order valence-electron chi connectivity index (χ0n) is 13.5. The number of sulfonamides is 1. The lowest BCUT2D eigenvalue weighted by atomic mass is 9.96. The Labute approximate surface area is 136 Å². The molecule has 1 fully saturated rings. The highest BCUT2D eigenvalue weighted by molar-refractivity contribution is 7.89. The first kappa shape index (κ1) is 17.6. The van der Waals surface area contributed by atoms with Crippen molar-refractivity contribution in [2.24, 2.45) is 0 Å². The smallest absolute Gasteiger partial charge is 0.339 e. The van der Waals surface area contributed by atoms with Gasteiger partial charge in [0, 0.05) is 20.5 Å². The van der Waals surface area contributed by atoms with Crippen LogP contribution in [-0.2, 0) is 19.6 Å². The van der Waals surface area contributed by atoms with E-state index in [1.165, 1.54) is 26.2 Å². The van der Waals surface area contributed by atoms with Crippen molar-refractivity contribution in [2.75, 3.05) is 14.1 Å². The first-order valence-corrected chi connectivity index (χ1v) is 8.94. The summed E-state index contributed by atoms with van der Waals surface area (Å²) in [6, 6.07) is 4.32. The molecule has 1 saturated carbocycles. The highest BCUT2D eigenvalue weighted by Gasteiger charge is 2.27. The van der Waals surface area contributed by atoms with Crippen LogP contribution in [0.15, 0.2) is 23.1 Å². The number of hydrogen-bond donors (Lipinski definition) is 0. The summed E-state index contributed by atoms with van der Waals surface area (Å²) in [5.41, 5.74) is 0.780. The minimum Gasteiger partial charge on any atom is -0.451 e. The first-order valence-electron chi connectivity index (χ1n) is 7.50. The van der Waals surface area contributed by atoms with Crippen LogP contribution in [0.5, 0.6) is 0 Å². The number of carbonyl (C=O) groups excluding carboxylic acids is 2. The van der Waals surface area contributed by atoms with Crippen molar-refractivity contribution in [2.45, 2.75) is 43.6 Å². The number of hydrogen-bond acceptors (Lipinski definition) is 5. The number of rotatable bonds is 4. The quantitative estimate of drug-likeness (QED) is 0.783. The average molecular weight is 339 g/mol. The van der Waals surface area contributed by atoms with Gasteiger partial charge in [-0.3, -0.25) is 4.79 Å². The molecule has 2 rings (SSSR count). The molecular formula is C16H21NO5S. The Morgan fingerprint density at radius 1 is 1.26 bits per heavy atom. The number of nitrogens with zero attached hydrogens (tertiary/aromatic N) is 1. The second-order valence-electron chi connectivity index (χ2n) is 5.87. The molecule has 0 unspecified atom stereocenters. The molecule has 1 aromatic rings. The van der Waals surface area contributed by atoms with E-state index in [-0.39, 0.29) is 16.2 Å². The lowest BCUT2D eigenvalue weighted by molar-refractivity contribution is -0.129. The summed E-state index contributed by atoms with van der Waals surface area (Å²) in [6.07, 6.45) is 1.90. The van der Waals surface area contributed by atoms with E-state index in [1.807, 2.05) is 0 Å². The molecule has 0 radical (unpaired) electrons. The minimum absolute atomic E-state index is 0.0232. The van der Waals surface area contributed by atoms with Crippen LogP contribution in [0.4, 0.5) is 0 Å². The van der Waals surface area contributed by atoms with Crippen LogP contribution in [0.2, 0.25) is 0 Å². The molecule has 126 valence electrons. The van der Waals surface area contributed by atoms with Crippen LogP contribution in [0.3, 0.4) is 0 Å². The molecule has 0 aliphatic heterocycles. The van der Waals surface area contributed by atoms with Crippen molar-refractivity contribution >= 4 is 21.8 Å². The number of carbonyl (C=O) groups is 2. The van der Waals surface area contributed by atoms with Gasteiger partial charge in [-0.15, -0.1) is 0 Å². The maximum absolute atomic E-state index is 12.3. The van der Waals surface area contributed by atoms with E-state index in [4.69, 9.17) is 4.74 Å². The van der Waals surface area contributed by atoms with Crippen LogP contribution in [-0.4, -0.2) is 44.7 Å². The monoisotopic (exact) mass is 339 g/mol. The highest BCUT2D eigenvalue weighted by atomic mass is 32.2. The van der Waals surface area contributed by atoms with Gasteiger partial charge in [-0.2, -0.15) is 0 Å². The number of benzene rings is 1. The standard InChI is InChI=1S/C16H21NO5S/c1-11-8-9-12(23(20,21)17(2)3)10-13(11)16(19)22-15-7-5-4-6-14(15)18/h8-10,15H,4-7H2,1-3H3/t15-/m0/s1. The summed E-state index contributed by atoms with van der Waals surface area (Å²) in [4.78, 5) is 24.2. The molecule has 1 aliphatic carbocycles. The van der Waals surface area contributed by atoms with Gasteiger partial charge < -0.3 is 4.74 Å². The van der Waals surface area contributed by atoms with Crippen molar-refractivity contribution in [1.82, 2.24) is 4.31 Å². The zero-order valence-corrected chi connectivity index (χ0v) is 14.4. The van der Waals surface area contributed by atoms with Gasteiger partial charge in [0.05, 0.1) is 10.5 Å². The van der Waals surface area contributed by atoms with Crippen molar-refractivity contribution in [3.05, 3.63) is 29.3 Å².